The molecule has 0 bridgehead atoms. The maximum Gasteiger partial charge on any atom is 0.223 e. The molecule has 1 aromatic heterocycles. The molecule has 0 unspecified atom stereocenters. The normalized spacial score (nSPS) is 25.0. The summed E-state index contributed by atoms with van der Waals surface area (Å²) in [7, 11) is 1.93. The van der Waals surface area contributed by atoms with Crippen molar-refractivity contribution < 1.29 is 9.53 Å². The Morgan fingerprint density at radius 2 is 1.96 bits per heavy atom. The number of morpholine rings is 1. The van der Waals surface area contributed by atoms with Crippen LogP contribution in [-0.2, 0) is 16.6 Å². The fourth-order valence-electron chi connectivity index (χ4n) is 4.18. The monoisotopic (exact) mass is 376 g/mol. The molecule has 2 aliphatic rings. The van der Waals surface area contributed by atoms with Crippen LogP contribution in [0.25, 0.3) is 0 Å². The number of hydrogen-bond donors (Lipinski definition) is 0. The van der Waals surface area contributed by atoms with Gasteiger partial charge in [-0.05, 0) is 37.8 Å². The highest BCUT2D eigenvalue weighted by atomic mass is 16.5. The van der Waals surface area contributed by atoms with Crippen LogP contribution in [0.4, 0.5) is 0 Å². The van der Waals surface area contributed by atoms with Crippen molar-refractivity contribution in [2.75, 3.05) is 32.8 Å². The summed E-state index contributed by atoms with van der Waals surface area (Å²) in [6, 6.07) is -0.0400. The second kappa shape index (κ2) is 8.74. The van der Waals surface area contributed by atoms with Gasteiger partial charge in [0.15, 0.2) is 0 Å². The molecular weight excluding hydrogens is 340 g/mol. The largest absolute Gasteiger partial charge is 0.373 e. The highest BCUT2D eigenvalue weighted by Crippen LogP contribution is 2.32. The smallest absolute Gasteiger partial charge is 0.223 e. The van der Waals surface area contributed by atoms with Crippen LogP contribution in [0.1, 0.15) is 64.5 Å². The van der Waals surface area contributed by atoms with Gasteiger partial charge < -0.3 is 14.5 Å². The molecule has 2 fully saturated rings. The van der Waals surface area contributed by atoms with Gasteiger partial charge in [0, 0.05) is 38.3 Å². The van der Waals surface area contributed by atoms with E-state index in [0.29, 0.717) is 19.6 Å². The molecule has 6 nitrogen and oxygen atoms in total. The van der Waals surface area contributed by atoms with Gasteiger partial charge in [-0.1, -0.05) is 27.2 Å². The lowest BCUT2D eigenvalue weighted by Crippen LogP contribution is -2.52. The molecule has 3 rings (SSSR count). The summed E-state index contributed by atoms with van der Waals surface area (Å²) in [5.41, 5.74) is 1.25. The van der Waals surface area contributed by atoms with E-state index in [-0.39, 0.29) is 23.5 Å². The number of carbonyl (C=O) groups excluding carboxylic acids is 1. The van der Waals surface area contributed by atoms with E-state index in [1.54, 1.807) is 0 Å². The summed E-state index contributed by atoms with van der Waals surface area (Å²) >= 11 is 0. The molecule has 2 atom stereocenters. The number of rotatable bonds is 5. The Morgan fingerprint density at radius 1 is 1.22 bits per heavy atom. The minimum Gasteiger partial charge on any atom is -0.373 e. The van der Waals surface area contributed by atoms with E-state index in [0.717, 1.165) is 31.6 Å². The third kappa shape index (κ3) is 5.55. The van der Waals surface area contributed by atoms with Gasteiger partial charge in [-0.3, -0.25) is 9.48 Å². The Bertz CT molecular complexity index is 616. The molecule has 3 heterocycles. The van der Waals surface area contributed by atoms with Crippen LogP contribution in [0.3, 0.4) is 0 Å². The predicted molar refractivity (Wildman–Crippen MR) is 106 cm³/mol. The first kappa shape index (κ1) is 20.3. The number of aromatic nitrogens is 2. The van der Waals surface area contributed by atoms with Crippen LogP contribution >= 0.6 is 0 Å². The standard InChI is InChI=1S/C21H36N4O2/c1-21(2,3)9-8-19(26)25-12-13-27-18(16-24-10-6-5-7-11-24)20(25)17-14-22-23(4)15-17/h14-15,18,20H,5-13,16H2,1-4H3/t18-,20-/m0/s1. The van der Waals surface area contributed by atoms with Crippen LogP contribution in [0.15, 0.2) is 12.4 Å². The molecular formula is C21H36N4O2. The number of aryl methyl sites for hydroxylation is 1. The summed E-state index contributed by atoms with van der Waals surface area (Å²) < 4.78 is 8.03. The van der Waals surface area contributed by atoms with E-state index in [1.165, 1.54) is 19.3 Å². The minimum absolute atomic E-state index is 0.0136. The number of hydrogen-bond acceptors (Lipinski definition) is 4. The number of likely N-dealkylation sites (tertiary alicyclic amines) is 1. The van der Waals surface area contributed by atoms with Crippen LogP contribution < -0.4 is 0 Å². The van der Waals surface area contributed by atoms with E-state index in [2.05, 4.69) is 35.7 Å². The molecule has 0 radical (unpaired) electrons. The molecule has 0 saturated carbocycles. The number of carbonyl (C=O) groups is 1. The first-order chi connectivity index (χ1) is 12.8. The third-order valence-electron chi connectivity index (χ3n) is 5.71. The van der Waals surface area contributed by atoms with E-state index in [4.69, 9.17) is 4.74 Å². The fraction of sp³-hybridized carbons (Fsp3) is 0.810. The van der Waals surface area contributed by atoms with Gasteiger partial charge in [0.25, 0.3) is 0 Å². The lowest BCUT2D eigenvalue weighted by Gasteiger charge is -2.43. The van der Waals surface area contributed by atoms with E-state index in [1.807, 2.05) is 24.1 Å². The third-order valence-corrected chi connectivity index (χ3v) is 5.71. The topological polar surface area (TPSA) is 50.6 Å². The molecule has 2 saturated heterocycles. The minimum atomic E-state index is -0.0400. The zero-order valence-electron chi connectivity index (χ0n) is 17.5. The molecule has 152 valence electrons. The van der Waals surface area contributed by atoms with Gasteiger partial charge in [-0.25, -0.2) is 0 Å². The SMILES string of the molecule is Cn1cc([C@H]2[C@H](CN3CCCCC3)OCCN2C(=O)CCC(C)(C)C)cn1. The van der Waals surface area contributed by atoms with Gasteiger partial charge in [0.2, 0.25) is 5.91 Å². The molecule has 0 aromatic carbocycles. The van der Waals surface area contributed by atoms with Gasteiger partial charge >= 0.3 is 0 Å². The zero-order valence-corrected chi connectivity index (χ0v) is 17.5. The van der Waals surface area contributed by atoms with Crippen molar-refractivity contribution in [1.82, 2.24) is 19.6 Å². The molecule has 1 amide bonds. The van der Waals surface area contributed by atoms with Crippen LogP contribution in [0.2, 0.25) is 0 Å². The van der Waals surface area contributed by atoms with Crippen molar-refractivity contribution in [3.8, 4) is 0 Å². The second-order valence-corrected chi connectivity index (χ2v) is 9.31. The summed E-state index contributed by atoms with van der Waals surface area (Å²) in [4.78, 5) is 17.7. The van der Waals surface area contributed by atoms with Gasteiger partial charge in [-0.2, -0.15) is 5.10 Å². The van der Waals surface area contributed by atoms with Gasteiger partial charge in [-0.15, -0.1) is 0 Å². The first-order valence-electron chi connectivity index (χ1n) is 10.5. The summed E-state index contributed by atoms with van der Waals surface area (Å²) in [6.07, 6.45) is 9.29. The second-order valence-electron chi connectivity index (χ2n) is 9.31. The number of amides is 1. The quantitative estimate of drug-likeness (QED) is 0.793. The number of nitrogens with zero attached hydrogens (tertiary/aromatic N) is 4. The van der Waals surface area contributed by atoms with Crippen molar-refractivity contribution in [1.29, 1.82) is 0 Å². The predicted octanol–water partition coefficient (Wildman–Crippen LogP) is 3.00. The molecule has 27 heavy (non-hydrogen) atoms. The molecule has 1 aromatic rings. The number of piperidine rings is 1. The van der Waals surface area contributed by atoms with Crippen LogP contribution in [0.5, 0.6) is 0 Å². The Labute approximate surface area is 163 Å². The molecule has 0 aliphatic carbocycles. The average Bonchev–Trinajstić information content (AvgIpc) is 3.06. The lowest BCUT2D eigenvalue weighted by molar-refractivity contribution is -0.149. The maximum absolute atomic E-state index is 13.1. The van der Waals surface area contributed by atoms with Crippen molar-refractivity contribution >= 4 is 5.91 Å². The molecule has 6 heteroatoms. The Hall–Kier alpha value is -1.40. The summed E-state index contributed by atoms with van der Waals surface area (Å²) in [5, 5.41) is 4.36. The van der Waals surface area contributed by atoms with Crippen molar-refractivity contribution in [2.24, 2.45) is 12.5 Å². The van der Waals surface area contributed by atoms with E-state index < -0.39 is 0 Å². The van der Waals surface area contributed by atoms with Gasteiger partial charge in [0.1, 0.15) is 0 Å². The highest BCUT2D eigenvalue weighted by molar-refractivity contribution is 5.77. The van der Waals surface area contributed by atoms with Crippen LogP contribution in [0, 0.1) is 5.41 Å². The average molecular weight is 377 g/mol. The van der Waals surface area contributed by atoms with Gasteiger partial charge in [0.05, 0.1) is 24.9 Å². The Morgan fingerprint density at radius 3 is 2.59 bits per heavy atom. The van der Waals surface area contributed by atoms with Crippen molar-refractivity contribution in [3.05, 3.63) is 18.0 Å². The van der Waals surface area contributed by atoms with E-state index >= 15 is 0 Å². The van der Waals surface area contributed by atoms with Crippen molar-refractivity contribution in [3.63, 3.8) is 0 Å². The molecule has 0 N–H and O–H groups in total. The molecule has 2 aliphatic heterocycles. The zero-order chi connectivity index (χ0) is 19.4. The highest BCUT2D eigenvalue weighted by Gasteiger charge is 2.38. The summed E-state index contributed by atoms with van der Waals surface area (Å²) in [6.45, 7) is 11.0. The summed E-state index contributed by atoms with van der Waals surface area (Å²) in [5.74, 6) is 0.241. The number of ether oxygens (including phenoxy) is 1. The van der Waals surface area contributed by atoms with Crippen molar-refractivity contribution in [2.45, 2.75) is 65.0 Å². The Balaban J connectivity index is 1.76. The molecule has 0 spiro atoms. The fourth-order valence-corrected chi connectivity index (χ4v) is 4.18. The maximum atomic E-state index is 13.1. The van der Waals surface area contributed by atoms with Crippen LogP contribution in [-0.4, -0.2) is 64.4 Å². The van der Waals surface area contributed by atoms with E-state index in [9.17, 15) is 4.79 Å². The Kier molecular flexibility index (Phi) is 6.58. The lowest BCUT2D eigenvalue weighted by atomic mass is 9.90. The first-order valence-corrected chi connectivity index (χ1v) is 10.5.